The molecule has 1 amide bonds. The highest BCUT2D eigenvalue weighted by atomic mass is 16.2. The fraction of sp³-hybridized carbons (Fsp3) is 0.250. The fourth-order valence-corrected chi connectivity index (χ4v) is 3.29. The van der Waals surface area contributed by atoms with Gasteiger partial charge in [-0.25, -0.2) is 0 Å². The normalized spacial score (nSPS) is 11.8. The summed E-state index contributed by atoms with van der Waals surface area (Å²) in [5.41, 5.74) is 3.35. The molecular formula is C24H26N2O2. The molecule has 0 radical (unpaired) electrons. The van der Waals surface area contributed by atoms with Crippen LogP contribution in [0, 0.1) is 6.92 Å². The molecule has 28 heavy (non-hydrogen) atoms. The lowest BCUT2D eigenvalue weighted by Crippen LogP contribution is -2.33. The summed E-state index contributed by atoms with van der Waals surface area (Å²) < 4.78 is 1.58. The molecular weight excluding hydrogens is 348 g/mol. The molecule has 0 spiro atoms. The van der Waals surface area contributed by atoms with E-state index in [2.05, 4.69) is 24.4 Å². The summed E-state index contributed by atoms with van der Waals surface area (Å²) in [6, 6.07) is 21.6. The van der Waals surface area contributed by atoms with Gasteiger partial charge in [-0.05, 0) is 42.5 Å². The molecule has 1 aromatic heterocycles. The molecule has 0 aliphatic heterocycles. The van der Waals surface area contributed by atoms with E-state index in [1.165, 1.54) is 5.56 Å². The van der Waals surface area contributed by atoms with Gasteiger partial charge in [0.05, 0.1) is 6.54 Å². The highest BCUT2D eigenvalue weighted by Gasteiger charge is 2.13. The van der Waals surface area contributed by atoms with Crippen LogP contribution in [0.5, 0.6) is 0 Å². The van der Waals surface area contributed by atoms with Crippen molar-refractivity contribution in [2.75, 3.05) is 6.54 Å². The number of hydrogen-bond acceptors (Lipinski definition) is 2. The average molecular weight is 374 g/mol. The van der Waals surface area contributed by atoms with Gasteiger partial charge in [0.25, 0.3) is 11.5 Å². The molecule has 3 aromatic rings. The monoisotopic (exact) mass is 374 g/mol. The Bertz CT molecular complexity index is 993. The van der Waals surface area contributed by atoms with Crippen LogP contribution in [0.2, 0.25) is 0 Å². The van der Waals surface area contributed by atoms with Crippen LogP contribution < -0.4 is 10.9 Å². The van der Waals surface area contributed by atoms with Gasteiger partial charge in [-0.1, -0.05) is 67.1 Å². The zero-order valence-corrected chi connectivity index (χ0v) is 16.4. The number of nitrogens with one attached hydrogen (secondary N) is 1. The molecule has 1 unspecified atom stereocenters. The summed E-state index contributed by atoms with van der Waals surface area (Å²) in [5, 5.41) is 2.89. The smallest absolute Gasteiger partial charge is 0.263 e. The maximum absolute atomic E-state index is 12.7. The molecule has 1 heterocycles. The SMILES string of the molecule is Cc1cccc(Cn2cccc(C(=O)NCCC(C)c3ccccc3)c2=O)c1. The molecule has 1 N–H and O–H groups in total. The van der Waals surface area contributed by atoms with Crippen LogP contribution in [0.15, 0.2) is 77.7 Å². The Balaban J connectivity index is 1.63. The lowest BCUT2D eigenvalue weighted by atomic mass is 9.98. The zero-order valence-electron chi connectivity index (χ0n) is 16.4. The van der Waals surface area contributed by atoms with E-state index < -0.39 is 0 Å². The molecule has 0 bridgehead atoms. The van der Waals surface area contributed by atoms with Gasteiger partial charge in [0.15, 0.2) is 0 Å². The molecule has 0 saturated carbocycles. The number of amides is 1. The summed E-state index contributed by atoms with van der Waals surface area (Å²) in [4.78, 5) is 25.2. The maximum Gasteiger partial charge on any atom is 0.263 e. The minimum absolute atomic E-state index is 0.183. The van der Waals surface area contributed by atoms with Crippen molar-refractivity contribution < 1.29 is 4.79 Å². The largest absolute Gasteiger partial charge is 0.352 e. The first-order chi connectivity index (χ1) is 13.5. The molecule has 0 aliphatic rings. The van der Waals surface area contributed by atoms with Crippen molar-refractivity contribution in [2.24, 2.45) is 0 Å². The summed E-state index contributed by atoms with van der Waals surface area (Å²) in [6.45, 7) is 5.14. The summed E-state index contributed by atoms with van der Waals surface area (Å²) in [5.74, 6) is 0.0269. The topological polar surface area (TPSA) is 51.1 Å². The molecule has 3 rings (SSSR count). The van der Waals surface area contributed by atoms with E-state index in [1.807, 2.05) is 49.4 Å². The van der Waals surface area contributed by atoms with E-state index in [-0.39, 0.29) is 17.0 Å². The highest BCUT2D eigenvalue weighted by molar-refractivity contribution is 5.93. The molecule has 4 heteroatoms. The standard InChI is InChI=1S/C24H26N2O2/c1-18-8-6-9-20(16-18)17-26-15-7-12-22(24(26)28)23(27)25-14-13-19(2)21-10-4-3-5-11-21/h3-12,15-16,19H,13-14,17H2,1-2H3,(H,25,27). The van der Waals surface area contributed by atoms with Crippen LogP contribution in [-0.2, 0) is 6.54 Å². The van der Waals surface area contributed by atoms with Gasteiger partial charge in [0.1, 0.15) is 5.56 Å². The number of nitrogens with zero attached hydrogens (tertiary/aromatic N) is 1. The Morgan fingerprint density at radius 3 is 2.57 bits per heavy atom. The van der Waals surface area contributed by atoms with Gasteiger partial charge in [-0.3, -0.25) is 9.59 Å². The van der Waals surface area contributed by atoms with Gasteiger partial charge in [0.2, 0.25) is 0 Å². The minimum atomic E-state index is -0.316. The van der Waals surface area contributed by atoms with Crippen molar-refractivity contribution >= 4 is 5.91 Å². The van der Waals surface area contributed by atoms with E-state index >= 15 is 0 Å². The third kappa shape index (κ3) is 4.97. The van der Waals surface area contributed by atoms with E-state index in [0.717, 1.165) is 17.5 Å². The quantitative estimate of drug-likeness (QED) is 0.676. The van der Waals surface area contributed by atoms with E-state index in [9.17, 15) is 9.59 Å². The Labute approximate surface area is 165 Å². The van der Waals surface area contributed by atoms with Crippen molar-refractivity contribution in [3.05, 3.63) is 106 Å². The molecule has 2 aromatic carbocycles. The molecule has 144 valence electrons. The van der Waals surface area contributed by atoms with Gasteiger partial charge >= 0.3 is 0 Å². The summed E-state index contributed by atoms with van der Waals surface area (Å²) >= 11 is 0. The van der Waals surface area contributed by atoms with E-state index in [4.69, 9.17) is 0 Å². The number of aryl methyl sites for hydroxylation is 1. The third-order valence-corrected chi connectivity index (χ3v) is 4.93. The Hall–Kier alpha value is -3.14. The fourth-order valence-electron chi connectivity index (χ4n) is 3.29. The van der Waals surface area contributed by atoms with Crippen LogP contribution in [0.4, 0.5) is 0 Å². The predicted octanol–water partition coefficient (Wildman–Crippen LogP) is 4.13. The number of carbonyl (C=O) groups is 1. The predicted molar refractivity (Wildman–Crippen MR) is 113 cm³/mol. The Morgan fingerprint density at radius 2 is 1.82 bits per heavy atom. The number of carbonyl (C=O) groups excluding carboxylic acids is 1. The Morgan fingerprint density at radius 1 is 1.04 bits per heavy atom. The van der Waals surface area contributed by atoms with Crippen molar-refractivity contribution in [1.29, 1.82) is 0 Å². The van der Waals surface area contributed by atoms with Crippen LogP contribution >= 0.6 is 0 Å². The van der Waals surface area contributed by atoms with Crippen molar-refractivity contribution in [1.82, 2.24) is 9.88 Å². The maximum atomic E-state index is 12.7. The molecule has 1 atom stereocenters. The first-order valence-electron chi connectivity index (χ1n) is 9.63. The second-order valence-electron chi connectivity index (χ2n) is 7.20. The second-order valence-corrected chi connectivity index (χ2v) is 7.20. The summed E-state index contributed by atoms with van der Waals surface area (Å²) in [7, 11) is 0. The lowest BCUT2D eigenvalue weighted by Gasteiger charge is -2.13. The first kappa shape index (κ1) is 19.6. The van der Waals surface area contributed by atoms with Crippen molar-refractivity contribution in [2.45, 2.75) is 32.7 Å². The number of hydrogen-bond donors (Lipinski definition) is 1. The lowest BCUT2D eigenvalue weighted by molar-refractivity contribution is 0.0950. The van der Waals surface area contributed by atoms with E-state index in [1.54, 1.807) is 22.9 Å². The van der Waals surface area contributed by atoms with Crippen LogP contribution in [0.3, 0.4) is 0 Å². The van der Waals surface area contributed by atoms with Gasteiger partial charge < -0.3 is 9.88 Å². The van der Waals surface area contributed by atoms with Gasteiger partial charge in [-0.15, -0.1) is 0 Å². The van der Waals surface area contributed by atoms with Crippen LogP contribution in [-0.4, -0.2) is 17.0 Å². The van der Waals surface area contributed by atoms with Gasteiger partial charge in [-0.2, -0.15) is 0 Å². The van der Waals surface area contributed by atoms with Crippen LogP contribution in [0.25, 0.3) is 0 Å². The third-order valence-electron chi connectivity index (χ3n) is 4.93. The minimum Gasteiger partial charge on any atom is -0.352 e. The average Bonchev–Trinajstić information content (AvgIpc) is 2.70. The zero-order chi connectivity index (χ0) is 19.9. The Kier molecular flexibility index (Phi) is 6.43. The van der Waals surface area contributed by atoms with Gasteiger partial charge in [0, 0.05) is 12.7 Å². The van der Waals surface area contributed by atoms with Crippen molar-refractivity contribution in [3.63, 3.8) is 0 Å². The van der Waals surface area contributed by atoms with Crippen LogP contribution in [0.1, 0.15) is 46.3 Å². The molecule has 0 fully saturated rings. The molecule has 0 saturated heterocycles. The molecule has 4 nitrogen and oxygen atoms in total. The van der Waals surface area contributed by atoms with Crippen molar-refractivity contribution in [3.8, 4) is 0 Å². The highest BCUT2D eigenvalue weighted by Crippen LogP contribution is 2.17. The summed E-state index contributed by atoms with van der Waals surface area (Å²) in [6.07, 6.45) is 2.54. The second kappa shape index (κ2) is 9.18. The molecule has 0 aliphatic carbocycles. The number of aromatic nitrogens is 1. The number of pyridine rings is 1. The number of benzene rings is 2. The van der Waals surface area contributed by atoms with E-state index in [0.29, 0.717) is 19.0 Å². The number of rotatable bonds is 7. The first-order valence-corrected chi connectivity index (χ1v) is 9.63.